The number of likely N-dealkylation sites (tertiary alicyclic amines) is 1. The standard InChI is InChI=1S/C26H27N3O2S/c1-17-24-23(21-10-6-7-11-22(21)32-24)26(31)29(27-17)18(2)25(30)28-14-12-20(13-15-28)16-19-8-4-3-5-9-19/h3-11,18,20H,12-16H2,1-2H3. The zero-order valence-electron chi connectivity index (χ0n) is 18.5. The van der Waals surface area contributed by atoms with E-state index in [9.17, 15) is 9.59 Å². The van der Waals surface area contributed by atoms with E-state index in [1.54, 1.807) is 18.3 Å². The van der Waals surface area contributed by atoms with E-state index >= 15 is 0 Å². The second-order valence-electron chi connectivity index (χ2n) is 8.77. The van der Waals surface area contributed by atoms with Crippen molar-refractivity contribution in [2.45, 2.75) is 39.2 Å². The molecule has 1 saturated heterocycles. The van der Waals surface area contributed by atoms with Crippen molar-refractivity contribution < 1.29 is 4.79 Å². The molecule has 5 rings (SSSR count). The van der Waals surface area contributed by atoms with E-state index in [2.05, 4.69) is 29.4 Å². The number of fused-ring (bicyclic) bond motifs is 3. The van der Waals surface area contributed by atoms with Crippen molar-refractivity contribution in [3.8, 4) is 0 Å². The van der Waals surface area contributed by atoms with Crippen LogP contribution in [-0.4, -0.2) is 33.7 Å². The fourth-order valence-corrected chi connectivity index (χ4v) is 5.95. The molecular weight excluding hydrogens is 418 g/mol. The highest BCUT2D eigenvalue weighted by Crippen LogP contribution is 2.33. The van der Waals surface area contributed by atoms with E-state index in [1.807, 2.05) is 42.2 Å². The summed E-state index contributed by atoms with van der Waals surface area (Å²) in [5, 5.41) is 6.17. The minimum absolute atomic E-state index is 0.0175. The molecule has 1 fully saturated rings. The summed E-state index contributed by atoms with van der Waals surface area (Å²) in [6.07, 6.45) is 3.03. The average molecular weight is 446 g/mol. The van der Waals surface area contributed by atoms with Gasteiger partial charge in [-0.25, -0.2) is 4.68 Å². The smallest absolute Gasteiger partial charge is 0.276 e. The Kier molecular flexibility index (Phi) is 5.55. The van der Waals surface area contributed by atoms with Crippen molar-refractivity contribution in [1.29, 1.82) is 0 Å². The fourth-order valence-electron chi connectivity index (χ4n) is 4.82. The first-order chi connectivity index (χ1) is 15.5. The third-order valence-corrected chi connectivity index (χ3v) is 7.90. The number of thiophene rings is 1. The number of hydrogen-bond donors (Lipinski definition) is 0. The lowest BCUT2D eigenvalue weighted by Crippen LogP contribution is -2.44. The molecule has 2 aromatic heterocycles. The molecule has 32 heavy (non-hydrogen) atoms. The average Bonchev–Trinajstić information content (AvgIpc) is 3.22. The molecule has 1 aliphatic rings. The van der Waals surface area contributed by atoms with Crippen molar-refractivity contribution >= 4 is 37.4 Å². The Morgan fingerprint density at radius 3 is 2.53 bits per heavy atom. The van der Waals surface area contributed by atoms with Gasteiger partial charge in [0.1, 0.15) is 6.04 Å². The van der Waals surface area contributed by atoms with Crippen molar-refractivity contribution in [2.24, 2.45) is 5.92 Å². The molecule has 0 bridgehead atoms. The van der Waals surface area contributed by atoms with Crippen molar-refractivity contribution in [2.75, 3.05) is 13.1 Å². The van der Waals surface area contributed by atoms with E-state index < -0.39 is 6.04 Å². The molecule has 0 spiro atoms. The topological polar surface area (TPSA) is 55.2 Å². The summed E-state index contributed by atoms with van der Waals surface area (Å²) in [5.74, 6) is 0.574. The van der Waals surface area contributed by atoms with Gasteiger partial charge in [0.2, 0.25) is 5.91 Å². The molecule has 1 atom stereocenters. The number of rotatable bonds is 4. The Morgan fingerprint density at radius 1 is 1.09 bits per heavy atom. The minimum atomic E-state index is -0.616. The zero-order chi connectivity index (χ0) is 22.2. The van der Waals surface area contributed by atoms with E-state index in [0.717, 1.165) is 52.8 Å². The van der Waals surface area contributed by atoms with Gasteiger partial charge in [-0.3, -0.25) is 9.59 Å². The van der Waals surface area contributed by atoms with Crippen molar-refractivity contribution in [1.82, 2.24) is 14.7 Å². The summed E-state index contributed by atoms with van der Waals surface area (Å²) in [5.41, 5.74) is 1.97. The summed E-state index contributed by atoms with van der Waals surface area (Å²) < 4.78 is 3.38. The van der Waals surface area contributed by atoms with Crippen LogP contribution < -0.4 is 5.56 Å². The number of aryl methyl sites for hydroxylation is 1. The normalized spacial score (nSPS) is 16.0. The van der Waals surface area contributed by atoms with E-state index in [-0.39, 0.29) is 11.5 Å². The molecule has 0 saturated carbocycles. The largest absolute Gasteiger partial charge is 0.341 e. The molecular formula is C26H27N3O2S. The van der Waals surface area contributed by atoms with Crippen LogP contribution in [0.2, 0.25) is 0 Å². The first kappa shape index (κ1) is 20.9. The zero-order valence-corrected chi connectivity index (χ0v) is 19.3. The third kappa shape index (κ3) is 3.73. The second-order valence-corrected chi connectivity index (χ2v) is 9.82. The summed E-state index contributed by atoms with van der Waals surface area (Å²) in [7, 11) is 0. The van der Waals surface area contributed by atoms with Gasteiger partial charge < -0.3 is 4.90 Å². The molecule has 164 valence electrons. The number of amides is 1. The number of carbonyl (C=O) groups is 1. The third-order valence-electron chi connectivity index (χ3n) is 6.62. The molecule has 6 heteroatoms. The Morgan fingerprint density at radius 2 is 1.78 bits per heavy atom. The lowest BCUT2D eigenvalue weighted by atomic mass is 9.90. The molecule has 1 unspecified atom stereocenters. The number of carbonyl (C=O) groups excluding carboxylic acids is 1. The van der Waals surface area contributed by atoms with Crippen LogP contribution in [0.25, 0.3) is 20.2 Å². The maximum atomic E-state index is 13.4. The number of nitrogens with zero attached hydrogens (tertiary/aromatic N) is 3. The summed E-state index contributed by atoms with van der Waals surface area (Å²) >= 11 is 1.59. The molecule has 0 aliphatic carbocycles. The van der Waals surface area contributed by atoms with Crippen molar-refractivity contribution in [3.63, 3.8) is 0 Å². The SMILES string of the molecule is Cc1nn(C(C)C(=O)N2CCC(Cc3ccccc3)CC2)c(=O)c2c1sc1ccccc12. The van der Waals surface area contributed by atoms with Gasteiger partial charge in [0, 0.05) is 23.2 Å². The predicted molar refractivity (Wildman–Crippen MR) is 130 cm³/mol. The van der Waals surface area contributed by atoms with E-state index in [4.69, 9.17) is 0 Å². The van der Waals surface area contributed by atoms with Crippen LogP contribution in [0.4, 0.5) is 0 Å². The van der Waals surface area contributed by atoms with Gasteiger partial charge in [0.05, 0.1) is 15.8 Å². The molecule has 0 N–H and O–H groups in total. The Balaban J connectivity index is 1.36. The molecule has 1 amide bonds. The lowest BCUT2D eigenvalue weighted by Gasteiger charge is -2.33. The van der Waals surface area contributed by atoms with Crippen LogP contribution in [0.5, 0.6) is 0 Å². The number of benzene rings is 2. The van der Waals surface area contributed by atoms with Crippen LogP contribution in [-0.2, 0) is 11.2 Å². The Labute approximate surface area is 191 Å². The van der Waals surface area contributed by atoms with Crippen molar-refractivity contribution in [3.05, 3.63) is 76.2 Å². The van der Waals surface area contributed by atoms with Gasteiger partial charge in [-0.1, -0.05) is 48.5 Å². The van der Waals surface area contributed by atoms with Crippen LogP contribution in [0.3, 0.4) is 0 Å². The van der Waals surface area contributed by atoms with Crippen LogP contribution in [0.1, 0.15) is 37.1 Å². The van der Waals surface area contributed by atoms with E-state index in [1.165, 1.54) is 10.2 Å². The van der Waals surface area contributed by atoms with Crippen LogP contribution >= 0.6 is 11.3 Å². The summed E-state index contributed by atoms with van der Waals surface area (Å²) in [6, 6.07) is 17.9. The molecule has 2 aromatic carbocycles. The summed E-state index contributed by atoms with van der Waals surface area (Å²) in [4.78, 5) is 28.6. The molecule has 5 nitrogen and oxygen atoms in total. The Hall–Kier alpha value is -2.99. The van der Waals surface area contributed by atoms with Gasteiger partial charge >= 0.3 is 0 Å². The maximum Gasteiger partial charge on any atom is 0.276 e. The number of aromatic nitrogens is 2. The highest BCUT2D eigenvalue weighted by Gasteiger charge is 2.29. The van der Waals surface area contributed by atoms with E-state index in [0.29, 0.717) is 11.3 Å². The molecule has 1 aliphatic heterocycles. The molecule has 0 radical (unpaired) electrons. The van der Waals surface area contributed by atoms with Gasteiger partial charge in [0.15, 0.2) is 0 Å². The van der Waals surface area contributed by atoms with Gasteiger partial charge in [0.25, 0.3) is 5.56 Å². The first-order valence-corrected chi connectivity index (χ1v) is 12.1. The highest BCUT2D eigenvalue weighted by atomic mass is 32.1. The maximum absolute atomic E-state index is 13.4. The molecule has 3 heterocycles. The quantitative estimate of drug-likeness (QED) is 0.446. The summed E-state index contributed by atoms with van der Waals surface area (Å²) in [6.45, 7) is 5.18. The van der Waals surface area contributed by atoms with Gasteiger partial charge in [-0.15, -0.1) is 11.3 Å². The Bertz CT molecular complexity index is 1330. The monoisotopic (exact) mass is 445 g/mol. The number of hydrogen-bond acceptors (Lipinski definition) is 4. The first-order valence-electron chi connectivity index (χ1n) is 11.3. The van der Waals surface area contributed by atoms with Gasteiger partial charge in [-0.05, 0) is 50.7 Å². The molecule has 4 aromatic rings. The number of piperidine rings is 1. The van der Waals surface area contributed by atoms with Gasteiger partial charge in [-0.2, -0.15) is 5.10 Å². The van der Waals surface area contributed by atoms with Crippen LogP contribution in [0.15, 0.2) is 59.4 Å². The fraction of sp³-hybridized carbons (Fsp3) is 0.346. The van der Waals surface area contributed by atoms with Crippen LogP contribution in [0, 0.1) is 12.8 Å². The highest BCUT2D eigenvalue weighted by molar-refractivity contribution is 7.26. The lowest BCUT2D eigenvalue weighted by molar-refractivity contribution is -0.136. The second kappa shape index (κ2) is 8.51. The minimum Gasteiger partial charge on any atom is -0.341 e. The predicted octanol–water partition coefficient (Wildman–Crippen LogP) is 4.96.